The highest BCUT2D eigenvalue weighted by Crippen LogP contribution is 2.13. The molecule has 0 radical (unpaired) electrons. The number of sulfone groups is 1. The lowest BCUT2D eigenvalue weighted by Gasteiger charge is -2.31. The number of carboxylic acids is 1. The number of ether oxygens (including phenoxy) is 1. The van der Waals surface area contributed by atoms with Gasteiger partial charge in [0.15, 0.2) is 9.84 Å². The number of likely N-dealkylation sites (tertiary alicyclic amines) is 1. The largest absolute Gasteiger partial charge is 0.480 e. The van der Waals surface area contributed by atoms with Crippen molar-refractivity contribution >= 4 is 15.8 Å². The van der Waals surface area contributed by atoms with Gasteiger partial charge in [-0.15, -0.1) is 0 Å². The maximum atomic E-state index is 11.6. The van der Waals surface area contributed by atoms with E-state index in [4.69, 9.17) is 9.84 Å². The fourth-order valence-corrected chi connectivity index (χ4v) is 3.53. The molecular weight excluding hydrogens is 270 g/mol. The predicted molar refractivity (Wildman–Crippen MR) is 72.0 cm³/mol. The summed E-state index contributed by atoms with van der Waals surface area (Å²) in [5.41, 5.74) is 0. The molecule has 6 nitrogen and oxygen atoms in total. The van der Waals surface area contributed by atoms with Gasteiger partial charge in [-0.25, -0.2) is 13.2 Å². The average molecular weight is 293 g/mol. The van der Waals surface area contributed by atoms with Gasteiger partial charge < -0.3 is 14.7 Å². The van der Waals surface area contributed by atoms with E-state index in [0.717, 1.165) is 25.9 Å². The minimum absolute atomic E-state index is 0.0143. The Morgan fingerprint density at radius 1 is 1.32 bits per heavy atom. The van der Waals surface area contributed by atoms with Crippen molar-refractivity contribution in [3.8, 4) is 0 Å². The van der Waals surface area contributed by atoms with Crippen molar-refractivity contribution in [1.82, 2.24) is 4.90 Å². The Morgan fingerprint density at radius 3 is 2.47 bits per heavy atom. The lowest BCUT2D eigenvalue weighted by atomic mass is 10.1. The minimum atomic E-state index is -2.92. The molecule has 0 aromatic heterocycles. The van der Waals surface area contributed by atoms with Crippen LogP contribution in [0.5, 0.6) is 0 Å². The van der Waals surface area contributed by atoms with E-state index < -0.39 is 15.8 Å². The van der Waals surface area contributed by atoms with Gasteiger partial charge in [0.25, 0.3) is 0 Å². The second-order valence-electron chi connectivity index (χ2n) is 4.90. The van der Waals surface area contributed by atoms with E-state index in [0.29, 0.717) is 13.0 Å². The zero-order valence-corrected chi connectivity index (χ0v) is 12.2. The summed E-state index contributed by atoms with van der Waals surface area (Å²) in [6.45, 7) is 3.71. The molecule has 0 aromatic carbocycles. The van der Waals surface area contributed by atoms with Gasteiger partial charge in [-0.1, -0.05) is 6.92 Å². The molecule has 0 amide bonds. The number of carbonyl (C=O) groups is 1. The average Bonchev–Trinajstić information content (AvgIpc) is 2.35. The van der Waals surface area contributed by atoms with Crippen molar-refractivity contribution < 1.29 is 23.1 Å². The molecule has 0 unspecified atom stereocenters. The quantitative estimate of drug-likeness (QED) is 0.696. The summed E-state index contributed by atoms with van der Waals surface area (Å²) in [5.74, 6) is -0.486. The van der Waals surface area contributed by atoms with Crippen molar-refractivity contribution in [2.45, 2.75) is 32.3 Å². The van der Waals surface area contributed by atoms with Gasteiger partial charge >= 0.3 is 5.97 Å². The molecule has 1 aliphatic heterocycles. The van der Waals surface area contributed by atoms with Crippen LogP contribution >= 0.6 is 0 Å². The summed E-state index contributed by atoms with van der Waals surface area (Å²) in [6.07, 6.45) is 2.18. The van der Waals surface area contributed by atoms with Crippen molar-refractivity contribution in [3.05, 3.63) is 0 Å². The van der Waals surface area contributed by atoms with Crippen LogP contribution in [0.15, 0.2) is 0 Å². The third kappa shape index (κ3) is 6.89. The van der Waals surface area contributed by atoms with Gasteiger partial charge in [0.2, 0.25) is 0 Å². The van der Waals surface area contributed by atoms with Gasteiger partial charge in [-0.2, -0.15) is 0 Å². The second-order valence-corrected chi connectivity index (χ2v) is 7.20. The number of aliphatic carboxylic acids is 1. The number of hydrogen-bond acceptors (Lipinski definition) is 5. The highest BCUT2D eigenvalue weighted by molar-refractivity contribution is 7.91. The van der Waals surface area contributed by atoms with Gasteiger partial charge in [-0.05, 0) is 19.3 Å². The summed E-state index contributed by atoms with van der Waals surface area (Å²) in [5, 5.41) is 8.52. The topological polar surface area (TPSA) is 83.9 Å². The molecule has 19 heavy (non-hydrogen) atoms. The molecule has 0 aromatic rings. The third-order valence-electron chi connectivity index (χ3n) is 3.21. The summed E-state index contributed by atoms with van der Waals surface area (Å²) in [4.78, 5) is 12.5. The molecule has 7 heteroatoms. The summed E-state index contributed by atoms with van der Waals surface area (Å²) < 4.78 is 28.4. The number of piperidine rings is 1. The number of rotatable bonds is 8. The minimum Gasteiger partial charge on any atom is -0.480 e. The molecule has 0 spiro atoms. The van der Waals surface area contributed by atoms with E-state index in [-0.39, 0.29) is 24.2 Å². The first-order chi connectivity index (χ1) is 8.93. The van der Waals surface area contributed by atoms with Crippen LogP contribution in [0.1, 0.15) is 26.2 Å². The van der Waals surface area contributed by atoms with Gasteiger partial charge in [-0.3, -0.25) is 0 Å². The van der Waals surface area contributed by atoms with E-state index >= 15 is 0 Å². The molecule has 1 saturated heterocycles. The lowest BCUT2D eigenvalue weighted by Crippen LogP contribution is -2.40. The van der Waals surface area contributed by atoms with Crippen LogP contribution in [0, 0.1) is 0 Å². The van der Waals surface area contributed by atoms with Crippen LogP contribution < -0.4 is 0 Å². The summed E-state index contributed by atoms with van der Waals surface area (Å²) in [6, 6.07) is 0. The first kappa shape index (κ1) is 16.4. The molecule has 1 N–H and O–H groups in total. The van der Waals surface area contributed by atoms with Crippen LogP contribution in [-0.4, -0.2) is 68.2 Å². The molecule has 0 saturated carbocycles. The van der Waals surface area contributed by atoms with E-state index in [9.17, 15) is 13.2 Å². The first-order valence-electron chi connectivity index (χ1n) is 6.69. The SMILES string of the molecule is CCCS(=O)(=O)CCN1CCC(OCC(=O)O)CC1. The molecule has 1 fully saturated rings. The zero-order valence-electron chi connectivity index (χ0n) is 11.4. The molecular formula is C12H23NO5S. The summed E-state index contributed by atoms with van der Waals surface area (Å²) in [7, 11) is -2.92. The Labute approximate surface area is 114 Å². The number of carboxylic acid groups (broad SMARTS) is 1. The molecule has 1 heterocycles. The number of hydrogen-bond donors (Lipinski definition) is 1. The van der Waals surface area contributed by atoms with Crippen molar-refractivity contribution in [2.75, 3.05) is 37.7 Å². The first-order valence-corrected chi connectivity index (χ1v) is 8.51. The zero-order chi connectivity index (χ0) is 14.3. The van der Waals surface area contributed by atoms with Crippen molar-refractivity contribution in [3.63, 3.8) is 0 Å². The maximum Gasteiger partial charge on any atom is 0.329 e. The standard InChI is InChI=1S/C12H23NO5S/c1-2-8-19(16,17)9-7-13-5-3-11(4-6-13)18-10-12(14)15/h11H,2-10H2,1H3,(H,14,15). The molecule has 1 rings (SSSR count). The van der Waals surface area contributed by atoms with Gasteiger partial charge in [0, 0.05) is 25.4 Å². The predicted octanol–water partition coefficient (Wildman–Crippen LogP) is 0.377. The molecule has 112 valence electrons. The molecule has 0 aliphatic carbocycles. The molecule has 0 bridgehead atoms. The van der Waals surface area contributed by atoms with Crippen molar-refractivity contribution in [2.24, 2.45) is 0 Å². The lowest BCUT2D eigenvalue weighted by molar-refractivity contribution is -0.145. The monoisotopic (exact) mass is 293 g/mol. The Bertz CT molecular complexity index is 374. The molecule has 1 aliphatic rings. The highest BCUT2D eigenvalue weighted by atomic mass is 32.2. The van der Waals surface area contributed by atoms with E-state index in [1.165, 1.54) is 0 Å². The van der Waals surface area contributed by atoms with Crippen LogP contribution in [0.2, 0.25) is 0 Å². The van der Waals surface area contributed by atoms with Gasteiger partial charge in [0.05, 0.1) is 11.9 Å². The normalized spacial score (nSPS) is 18.6. The van der Waals surface area contributed by atoms with Crippen LogP contribution in [0.25, 0.3) is 0 Å². The Kier molecular flexibility index (Phi) is 6.74. The van der Waals surface area contributed by atoms with Crippen LogP contribution in [0.3, 0.4) is 0 Å². The number of nitrogens with zero attached hydrogens (tertiary/aromatic N) is 1. The third-order valence-corrected chi connectivity index (χ3v) is 5.05. The fraction of sp³-hybridized carbons (Fsp3) is 0.917. The van der Waals surface area contributed by atoms with Crippen LogP contribution in [-0.2, 0) is 19.4 Å². The van der Waals surface area contributed by atoms with E-state index in [1.54, 1.807) is 0 Å². The molecule has 0 atom stereocenters. The van der Waals surface area contributed by atoms with Crippen molar-refractivity contribution in [1.29, 1.82) is 0 Å². The Morgan fingerprint density at radius 2 is 1.95 bits per heavy atom. The van der Waals surface area contributed by atoms with E-state index in [1.807, 2.05) is 6.92 Å². The fourth-order valence-electron chi connectivity index (χ4n) is 2.17. The summed E-state index contributed by atoms with van der Waals surface area (Å²) >= 11 is 0. The van der Waals surface area contributed by atoms with Gasteiger partial charge in [0.1, 0.15) is 6.61 Å². The Hall–Kier alpha value is -0.660. The second kappa shape index (κ2) is 7.81. The Balaban J connectivity index is 2.21. The highest BCUT2D eigenvalue weighted by Gasteiger charge is 2.21. The van der Waals surface area contributed by atoms with Crippen LogP contribution in [0.4, 0.5) is 0 Å². The maximum absolute atomic E-state index is 11.6. The smallest absolute Gasteiger partial charge is 0.329 e. The van der Waals surface area contributed by atoms with E-state index in [2.05, 4.69) is 4.90 Å².